The number of allylic oxidation sites excluding steroid dienone is 1. The average molecular weight is 395 g/mol. The predicted octanol–water partition coefficient (Wildman–Crippen LogP) is 4.18. The molecule has 1 aromatic heterocycles. The molecular weight excluding hydrogens is 372 g/mol. The van der Waals surface area contributed by atoms with Gasteiger partial charge < -0.3 is 10.1 Å². The van der Waals surface area contributed by atoms with Crippen molar-refractivity contribution in [3.63, 3.8) is 0 Å². The van der Waals surface area contributed by atoms with E-state index in [0.717, 1.165) is 28.4 Å². The van der Waals surface area contributed by atoms with E-state index in [9.17, 15) is 4.79 Å². The van der Waals surface area contributed by atoms with Crippen LogP contribution in [0.2, 0.25) is 0 Å². The molecule has 3 rings (SSSR count). The number of thioether (sulfide) groups is 1. The molecule has 0 bridgehead atoms. The predicted molar refractivity (Wildman–Crippen MR) is 113 cm³/mol. The fraction of sp³-hybridized carbons (Fsp3) is 0.190. The van der Waals surface area contributed by atoms with E-state index in [4.69, 9.17) is 4.74 Å². The van der Waals surface area contributed by atoms with E-state index in [0.29, 0.717) is 11.7 Å². The summed E-state index contributed by atoms with van der Waals surface area (Å²) in [6.45, 7) is 6.35. The van der Waals surface area contributed by atoms with Gasteiger partial charge in [-0.15, -0.1) is 16.8 Å². The molecule has 28 heavy (non-hydrogen) atoms. The highest BCUT2D eigenvalue weighted by atomic mass is 32.2. The van der Waals surface area contributed by atoms with Crippen LogP contribution in [0.25, 0.3) is 11.4 Å². The molecule has 0 radical (unpaired) electrons. The smallest absolute Gasteiger partial charge is 0.234 e. The lowest BCUT2D eigenvalue weighted by Crippen LogP contribution is -2.14. The number of carbonyl (C=O) groups excluding carboxylic acids is 1. The highest BCUT2D eigenvalue weighted by molar-refractivity contribution is 7.99. The van der Waals surface area contributed by atoms with E-state index in [1.807, 2.05) is 60.0 Å². The van der Waals surface area contributed by atoms with Crippen LogP contribution < -0.4 is 10.1 Å². The van der Waals surface area contributed by atoms with E-state index in [-0.39, 0.29) is 11.7 Å². The molecule has 144 valence electrons. The summed E-state index contributed by atoms with van der Waals surface area (Å²) in [6, 6.07) is 15.3. The molecule has 0 atom stereocenters. The van der Waals surface area contributed by atoms with E-state index in [1.54, 1.807) is 13.2 Å². The van der Waals surface area contributed by atoms with Crippen LogP contribution in [0.5, 0.6) is 5.75 Å². The van der Waals surface area contributed by atoms with Gasteiger partial charge in [0.25, 0.3) is 0 Å². The quantitative estimate of drug-likeness (QED) is 0.458. The van der Waals surface area contributed by atoms with E-state index in [1.165, 1.54) is 11.8 Å². The zero-order valence-electron chi connectivity index (χ0n) is 15.9. The molecule has 0 spiro atoms. The molecule has 1 heterocycles. The summed E-state index contributed by atoms with van der Waals surface area (Å²) in [4.78, 5) is 12.3. The third-order valence-electron chi connectivity index (χ3n) is 4.01. The van der Waals surface area contributed by atoms with Crippen LogP contribution in [-0.2, 0) is 11.3 Å². The van der Waals surface area contributed by atoms with Crippen molar-refractivity contribution in [3.05, 3.63) is 66.7 Å². The van der Waals surface area contributed by atoms with Crippen LogP contribution in [-0.4, -0.2) is 33.5 Å². The number of nitrogens with one attached hydrogen (secondary N) is 1. The number of anilines is 1. The molecule has 1 amide bonds. The van der Waals surface area contributed by atoms with Gasteiger partial charge in [-0.2, -0.15) is 0 Å². The van der Waals surface area contributed by atoms with Gasteiger partial charge in [-0.3, -0.25) is 9.36 Å². The minimum Gasteiger partial charge on any atom is -0.497 e. The highest BCUT2D eigenvalue weighted by Gasteiger charge is 2.15. The molecule has 0 aliphatic rings. The Morgan fingerprint density at radius 1 is 1.25 bits per heavy atom. The monoisotopic (exact) mass is 394 g/mol. The third-order valence-corrected chi connectivity index (χ3v) is 4.98. The van der Waals surface area contributed by atoms with Crippen LogP contribution in [0.1, 0.15) is 5.56 Å². The highest BCUT2D eigenvalue weighted by Crippen LogP contribution is 2.26. The van der Waals surface area contributed by atoms with Crippen molar-refractivity contribution in [2.75, 3.05) is 18.2 Å². The number of methoxy groups -OCH3 is 1. The van der Waals surface area contributed by atoms with Gasteiger partial charge in [-0.25, -0.2) is 0 Å². The summed E-state index contributed by atoms with van der Waals surface area (Å²) >= 11 is 1.35. The van der Waals surface area contributed by atoms with E-state index < -0.39 is 0 Å². The van der Waals surface area contributed by atoms with E-state index in [2.05, 4.69) is 22.1 Å². The second-order valence-corrected chi connectivity index (χ2v) is 7.08. The number of aromatic nitrogens is 3. The molecule has 0 aliphatic carbocycles. The van der Waals surface area contributed by atoms with Crippen molar-refractivity contribution in [2.24, 2.45) is 0 Å². The van der Waals surface area contributed by atoms with Gasteiger partial charge in [0.1, 0.15) is 5.75 Å². The van der Waals surface area contributed by atoms with Gasteiger partial charge in [0, 0.05) is 17.8 Å². The average Bonchev–Trinajstić information content (AvgIpc) is 3.09. The van der Waals surface area contributed by atoms with Crippen molar-refractivity contribution >= 4 is 23.4 Å². The Kier molecular flexibility index (Phi) is 6.49. The number of rotatable bonds is 8. The fourth-order valence-corrected chi connectivity index (χ4v) is 3.44. The molecule has 0 aliphatic heterocycles. The zero-order valence-corrected chi connectivity index (χ0v) is 16.7. The Balaban J connectivity index is 1.72. The van der Waals surface area contributed by atoms with Crippen molar-refractivity contribution in [1.29, 1.82) is 0 Å². The Labute approximate surface area is 168 Å². The molecule has 7 heteroatoms. The summed E-state index contributed by atoms with van der Waals surface area (Å²) in [5, 5.41) is 12.1. The normalized spacial score (nSPS) is 10.5. The molecule has 0 saturated heterocycles. The summed E-state index contributed by atoms with van der Waals surface area (Å²) in [7, 11) is 1.63. The SMILES string of the molecule is C=CCn1c(SCC(=O)Nc2cccc(C)c2)nnc1-c1ccc(OC)cc1. The Hall–Kier alpha value is -3.06. The summed E-state index contributed by atoms with van der Waals surface area (Å²) < 4.78 is 7.15. The number of hydrogen-bond acceptors (Lipinski definition) is 5. The lowest BCUT2D eigenvalue weighted by Gasteiger charge is -2.09. The molecule has 2 aromatic carbocycles. The first-order valence-electron chi connectivity index (χ1n) is 8.78. The van der Waals surface area contributed by atoms with Crippen molar-refractivity contribution in [3.8, 4) is 17.1 Å². The fourth-order valence-electron chi connectivity index (χ4n) is 2.69. The number of benzene rings is 2. The molecule has 6 nitrogen and oxygen atoms in total. The van der Waals surface area contributed by atoms with Gasteiger partial charge >= 0.3 is 0 Å². The molecule has 3 aromatic rings. The van der Waals surface area contributed by atoms with Gasteiger partial charge in [0.2, 0.25) is 5.91 Å². The van der Waals surface area contributed by atoms with Crippen molar-refractivity contribution in [1.82, 2.24) is 14.8 Å². The first kappa shape index (κ1) is 19.7. The van der Waals surface area contributed by atoms with Gasteiger partial charge in [-0.05, 0) is 48.9 Å². The van der Waals surface area contributed by atoms with Gasteiger partial charge in [-0.1, -0.05) is 30.0 Å². The van der Waals surface area contributed by atoms with E-state index >= 15 is 0 Å². The van der Waals surface area contributed by atoms with Crippen LogP contribution in [0.3, 0.4) is 0 Å². The van der Waals surface area contributed by atoms with Crippen LogP contribution >= 0.6 is 11.8 Å². The first-order chi connectivity index (χ1) is 13.6. The second kappa shape index (κ2) is 9.23. The summed E-state index contributed by atoms with van der Waals surface area (Å²) in [6.07, 6.45) is 1.78. The number of ether oxygens (including phenoxy) is 1. The largest absolute Gasteiger partial charge is 0.497 e. The van der Waals surface area contributed by atoms with Crippen molar-refractivity contribution in [2.45, 2.75) is 18.6 Å². The Bertz CT molecular complexity index is 967. The number of aryl methyl sites for hydroxylation is 1. The van der Waals surface area contributed by atoms with Crippen LogP contribution in [0.15, 0.2) is 66.3 Å². The Morgan fingerprint density at radius 3 is 2.71 bits per heavy atom. The number of nitrogens with zero attached hydrogens (tertiary/aromatic N) is 3. The minimum atomic E-state index is -0.0882. The van der Waals surface area contributed by atoms with Gasteiger partial charge in [0.15, 0.2) is 11.0 Å². The Morgan fingerprint density at radius 2 is 2.04 bits per heavy atom. The van der Waals surface area contributed by atoms with Crippen LogP contribution in [0, 0.1) is 6.92 Å². The number of carbonyl (C=O) groups is 1. The molecule has 0 fully saturated rings. The first-order valence-corrected chi connectivity index (χ1v) is 9.77. The second-order valence-electron chi connectivity index (χ2n) is 6.14. The summed E-state index contributed by atoms with van der Waals surface area (Å²) in [5.74, 6) is 1.66. The lowest BCUT2D eigenvalue weighted by atomic mass is 10.2. The standard InChI is InChI=1S/C21H22N4O2S/c1-4-12-25-20(16-8-10-18(27-3)11-9-16)23-24-21(25)28-14-19(26)22-17-7-5-6-15(2)13-17/h4-11,13H,1,12,14H2,2-3H3,(H,22,26). The maximum Gasteiger partial charge on any atom is 0.234 e. The van der Waals surface area contributed by atoms with Crippen molar-refractivity contribution < 1.29 is 9.53 Å². The maximum absolute atomic E-state index is 12.3. The minimum absolute atomic E-state index is 0.0882. The number of amides is 1. The number of hydrogen-bond donors (Lipinski definition) is 1. The maximum atomic E-state index is 12.3. The van der Waals surface area contributed by atoms with Gasteiger partial charge in [0.05, 0.1) is 12.9 Å². The summed E-state index contributed by atoms with van der Waals surface area (Å²) in [5.41, 5.74) is 2.81. The molecular formula is C21H22N4O2S. The third kappa shape index (κ3) is 4.80. The molecule has 0 saturated carbocycles. The molecule has 0 unspecified atom stereocenters. The topological polar surface area (TPSA) is 69.0 Å². The van der Waals surface area contributed by atoms with Crippen LogP contribution in [0.4, 0.5) is 5.69 Å². The molecule has 1 N–H and O–H groups in total. The lowest BCUT2D eigenvalue weighted by molar-refractivity contribution is -0.113. The zero-order chi connectivity index (χ0) is 19.9.